The maximum absolute atomic E-state index is 5.77. The highest BCUT2D eigenvalue weighted by molar-refractivity contribution is 9.18. The molecule has 4 heteroatoms. The monoisotopic (exact) mass is 331 g/mol. The maximum atomic E-state index is 5.77. The third kappa shape index (κ3) is 2.70. The normalized spacial score (nSPS) is 21.2. The van der Waals surface area contributed by atoms with Gasteiger partial charge in [-0.1, -0.05) is 42.4 Å². The van der Waals surface area contributed by atoms with Crippen LogP contribution in [0.2, 0.25) is 0 Å². The zero-order chi connectivity index (χ0) is 13.9. The lowest BCUT2D eigenvalue weighted by atomic mass is 9.99. The van der Waals surface area contributed by atoms with E-state index in [4.69, 9.17) is 9.57 Å². The molecule has 20 heavy (non-hydrogen) atoms. The van der Waals surface area contributed by atoms with E-state index in [1.807, 2.05) is 54.6 Å². The van der Waals surface area contributed by atoms with Crippen molar-refractivity contribution in [3.63, 3.8) is 0 Å². The third-order valence-electron chi connectivity index (χ3n) is 3.27. The van der Waals surface area contributed by atoms with Crippen LogP contribution in [0.5, 0.6) is 11.5 Å². The fourth-order valence-corrected chi connectivity index (χ4v) is 2.43. The number of ether oxygens (including phenoxy) is 1. The molecule has 2 aromatic rings. The standard InChI is InChI=1S/C16H14BrNO2/c1-11-15(20-18-16(11)17)12-7-9-14(10-8-12)19-13-5-3-2-4-6-13/h2-11,15H,1H3/t11-,15-/m0/s1. The van der Waals surface area contributed by atoms with E-state index in [-0.39, 0.29) is 12.0 Å². The summed E-state index contributed by atoms with van der Waals surface area (Å²) in [6.45, 7) is 2.08. The molecule has 1 aliphatic heterocycles. The summed E-state index contributed by atoms with van der Waals surface area (Å²) in [6, 6.07) is 17.7. The molecule has 3 rings (SSSR count). The SMILES string of the molecule is C[C@@H]1C(Br)=NO[C@@H]1c1ccc(Oc2ccccc2)cc1. The molecule has 0 saturated carbocycles. The zero-order valence-corrected chi connectivity index (χ0v) is 12.6. The van der Waals surface area contributed by atoms with Crippen molar-refractivity contribution in [2.24, 2.45) is 11.1 Å². The lowest BCUT2D eigenvalue weighted by molar-refractivity contribution is 0.0653. The van der Waals surface area contributed by atoms with Gasteiger partial charge in [-0.25, -0.2) is 0 Å². The number of rotatable bonds is 3. The number of benzene rings is 2. The van der Waals surface area contributed by atoms with Crippen LogP contribution in [0, 0.1) is 5.92 Å². The van der Waals surface area contributed by atoms with Gasteiger partial charge in [-0.15, -0.1) is 0 Å². The molecule has 1 aliphatic rings. The molecule has 0 spiro atoms. The summed E-state index contributed by atoms with van der Waals surface area (Å²) in [5.41, 5.74) is 1.09. The molecule has 0 aromatic heterocycles. The van der Waals surface area contributed by atoms with Crippen LogP contribution in [0.15, 0.2) is 59.8 Å². The molecule has 0 aliphatic carbocycles. The van der Waals surface area contributed by atoms with E-state index in [0.717, 1.165) is 21.7 Å². The summed E-state index contributed by atoms with van der Waals surface area (Å²) < 4.78 is 6.62. The first kappa shape index (κ1) is 13.2. The van der Waals surface area contributed by atoms with E-state index in [1.165, 1.54) is 0 Å². The fourth-order valence-electron chi connectivity index (χ4n) is 2.11. The Balaban J connectivity index is 1.72. The van der Waals surface area contributed by atoms with E-state index in [1.54, 1.807) is 0 Å². The van der Waals surface area contributed by atoms with Gasteiger partial charge in [-0.3, -0.25) is 0 Å². The van der Waals surface area contributed by atoms with Crippen LogP contribution in [0.25, 0.3) is 0 Å². The topological polar surface area (TPSA) is 30.8 Å². The zero-order valence-electron chi connectivity index (χ0n) is 11.0. The predicted octanol–water partition coefficient (Wildman–Crippen LogP) is 4.89. The summed E-state index contributed by atoms with van der Waals surface area (Å²) in [4.78, 5) is 5.42. The molecular weight excluding hydrogens is 318 g/mol. The molecule has 102 valence electrons. The molecule has 0 fully saturated rings. The van der Waals surface area contributed by atoms with Crippen LogP contribution in [0.3, 0.4) is 0 Å². The van der Waals surface area contributed by atoms with Gasteiger partial charge in [0.15, 0.2) is 6.10 Å². The number of para-hydroxylation sites is 1. The highest BCUT2D eigenvalue weighted by Crippen LogP contribution is 2.35. The van der Waals surface area contributed by atoms with Crippen molar-refractivity contribution in [1.82, 2.24) is 0 Å². The summed E-state index contributed by atoms with van der Waals surface area (Å²) in [7, 11) is 0. The highest BCUT2D eigenvalue weighted by atomic mass is 79.9. The Morgan fingerprint density at radius 1 is 1.00 bits per heavy atom. The molecule has 0 unspecified atom stereocenters. The smallest absolute Gasteiger partial charge is 0.161 e. The Labute approximate surface area is 126 Å². The molecule has 1 heterocycles. The van der Waals surface area contributed by atoms with Crippen LogP contribution in [0.4, 0.5) is 0 Å². The Morgan fingerprint density at radius 2 is 1.65 bits per heavy atom. The molecule has 2 atom stereocenters. The van der Waals surface area contributed by atoms with Gasteiger partial charge in [0, 0.05) is 0 Å². The Kier molecular flexibility index (Phi) is 3.74. The van der Waals surface area contributed by atoms with E-state index in [0.29, 0.717) is 0 Å². The Hall–Kier alpha value is -1.81. The average molecular weight is 332 g/mol. The second-order valence-electron chi connectivity index (χ2n) is 4.71. The van der Waals surface area contributed by atoms with E-state index >= 15 is 0 Å². The molecule has 2 aromatic carbocycles. The van der Waals surface area contributed by atoms with Gasteiger partial charge >= 0.3 is 0 Å². The van der Waals surface area contributed by atoms with Gasteiger partial charge < -0.3 is 9.57 Å². The molecule has 0 saturated heterocycles. The van der Waals surface area contributed by atoms with Crippen LogP contribution < -0.4 is 4.74 Å². The number of oxime groups is 1. The first-order valence-electron chi connectivity index (χ1n) is 6.46. The average Bonchev–Trinajstić information content (AvgIpc) is 2.81. The van der Waals surface area contributed by atoms with Gasteiger partial charge in [0.1, 0.15) is 16.1 Å². The lowest BCUT2D eigenvalue weighted by Crippen LogP contribution is -2.09. The van der Waals surface area contributed by atoms with Crippen molar-refractivity contribution in [2.45, 2.75) is 13.0 Å². The van der Waals surface area contributed by atoms with Crippen LogP contribution >= 0.6 is 15.9 Å². The molecule has 0 bridgehead atoms. The largest absolute Gasteiger partial charge is 0.457 e. The molecule has 0 N–H and O–H groups in total. The molecule has 0 amide bonds. The van der Waals surface area contributed by atoms with Crippen molar-refractivity contribution in [1.29, 1.82) is 0 Å². The van der Waals surface area contributed by atoms with Crippen LogP contribution in [-0.4, -0.2) is 4.62 Å². The molecule has 3 nitrogen and oxygen atoms in total. The summed E-state index contributed by atoms with van der Waals surface area (Å²) in [6.07, 6.45) is -0.0323. The van der Waals surface area contributed by atoms with Gasteiger partial charge in [0.05, 0.1) is 5.92 Å². The van der Waals surface area contributed by atoms with Gasteiger partial charge in [-0.2, -0.15) is 0 Å². The number of hydrogen-bond acceptors (Lipinski definition) is 3. The second-order valence-corrected chi connectivity index (χ2v) is 5.53. The van der Waals surface area contributed by atoms with Gasteiger partial charge in [0.2, 0.25) is 0 Å². The van der Waals surface area contributed by atoms with Crippen molar-refractivity contribution in [3.05, 3.63) is 60.2 Å². The van der Waals surface area contributed by atoms with Crippen molar-refractivity contribution < 1.29 is 9.57 Å². The van der Waals surface area contributed by atoms with Crippen LogP contribution in [0.1, 0.15) is 18.6 Å². The highest BCUT2D eigenvalue weighted by Gasteiger charge is 2.30. The van der Waals surface area contributed by atoms with Crippen LogP contribution in [-0.2, 0) is 4.84 Å². The van der Waals surface area contributed by atoms with E-state index < -0.39 is 0 Å². The number of nitrogens with zero attached hydrogens (tertiary/aromatic N) is 1. The number of hydrogen-bond donors (Lipinski definition) is 0. The fraction of sp³-hybridized carbons (Fsp3) is 0.188. The summed E-state index contributed by atoms with van der Waals surface area (Å²) in [5, 5.41) is 3.97. The third-order valence-corrected chi connectivity index (χ3v) is 4.14. The second kappa shape index (κ2) is 5.67. The minimum atomic E-state index is -0.0323. The van der Waals surface area contributed by atoms with Crippen molar-refractivity contribution >= 4 is 20.6 Å². The van der Waals surface area contributed by atoms with Gasteiger partial charge in [0.25, 0.3) is 0 Å². The Bertz CT molecular complexity index is 610. The molecular formula is C16H14BrNO2. The van der Waals surface area contributed by atoms with Gasteiger partial charge in [-0.05, 0) is 45.8 Å². The minimum Gasteiger partial charge on any atom is -0.457 e. The molecule has 0 radical (unpaired) electrons. The van der Waals surface area contributed by atoms with Crippen molar-refractivity contribution in [3.8, 4) is 11.5 Å². The van der Waals surface area contributed by atoms with E-state index in [9.17, 15) is 0 Å². The first-order chi connectivity index (χ1) is 9.74. The minimum absolute atomic E-state index is 0.0323. The number of halogens is 1. The van der Waals surface area contributed by atoms with Crippen molar-refractivity contribution in [2.75, 3.05) is 0 Å². The maximum Gasteiger partial charge on any atom is 0.161 e. The predicted molar refractivity (Wildman–Crippen MR) is 82.3 cm³/mol. The first-order valence-corrected chi connectivity index (χ1v) is 7.25. The summed E-state index contributed by atoms with van der Waals surface area (Å²) >= 11 is 3.40. The lowest BCUT2D eigenvalue weighted by Gasteiger charge is -2.14. The summed E-state index contributed by atoms with van der Waals surface area (Å²) in [5.74, 6) is 1.87. The quantitative estimate of drug-likeness (QED) is 0.801. The van der Waals surface area contributed by atoms with E-state index in [2.05, 4.69) is 28.0 Å². The Morgan fingerprint density at radius 3 is 2.25 bits per heavy atom.